The predicted molar refractivity (Wildman–Crippen MR) is 249 cm³/mol. The van der Waals surface area contributed by atoms with Crippen molar-refractivity contribution in [1.82, 2.24) is 19.9 Å². The maximum absolute atomic E-state index is 5.34. The lowest BCUT2D eigenvalue weighted by molar-refractivity contribution is 0.383. The zero-order chi connectivity index (χ0) is 41.0. The van der Waals surface area contributed by atoms with Crippen molar-refractivity contribution < 1.29 is 0 Å². The second-order valence-corrected chi connectivity index (χ2v) is 15.0. The predicted octanol–water partition coefficient (Wildman–Crippen LogP) is 12.7. The average molecular weight is 785 g/mol. The van der Waals surface area contributed by atoms with E-state index < -0.39 is 0 Å². The molecule has 0 N–H and O–H groups in total. The summed E-state index contributed by atoms with van der Waals surface area (Å²) in [6, 6.07) is 75.3. The molecule has 1 aromatic heterocycles. The lowest BCUT2D eigenvalue weighted by Crippen LogP contribution is -2.35. The summed E-state index contributed by atoms with van der Waals surface area (Å²) in [6.45, 7) is 0. The van der Waals surface area contributed by atoms with Gasteiger partial charge in [-0.25, -0.2) is 24.9 Å². The molecule has 0 amide bonds. The molecule has 61 heavy (non-hydrogen) atoms. The molecule has 0 aliphatic carbocycles. The van der Waals surface area contributed by atoms with Gasteiger partial charge in [-0.2, -0.15) is 0 Å². The molecule has 290 valence electrons. The monoisotopic (exact) mass is 784 g/mol. The van der Waals surface area contributed by atoms with E-state index in [2.05, 4.69) is 158 Å². The number of aliphatic imine (C=N–C) groups is 2. The third kappa shape index (κ3) is 7.90. The highest BCUT2D eigenvalue weighted by Crippen LogP contribution is 2.35. The Morgan fingerprint density at radius 1 is 0.328 bits per heavy atom. The van der Waals surface area contributed by atoms with E-state index >= 15 is 0 Å². The van der Waals surface area contributed by atoms with Crippen molar-refractivity contribution in [3.8, 4) is 67.5 Å². The van der Waals surface area contributed by atoms with Crippen molar-refractivity contribution in [2.24, 2.45) is 9.98 Å². The van der Waals surface area contributed by atoms with E-state index in [4.69, 9.17) is 24.9 Å². The number of hydrogen-bond acceptors (Lipinski definition) is 6. The maximum Gasteiger partial charge on any atom is 0.164 e. The van der Waals surface area contributed by atoms with Crippen LogP contribution >= 0.6 is 0 Å². The molecule has 10 rings (SSSR count). The van der Waals surface area contributed by atoms with Gasteiger partial charge in [0.25, 0.3) is 0 Å². The fourth-order valence-electron chi connectivity index (χ4n) is 7.82. The average Bonchev–Trinajstić information content (AvgIpc) is 3.35. The van der Waals surface area contributed by atoms with Crippen LogP contribution in [0.25, 0.3) is 67.5 Å². The minimum Gasteiger partial charge on any atom is -0.333 e. The second kappa shape index (κ2) is 16.6. The Hall–Kier alpha value is -8.09. The van der Waals surface area contributed by atoms with Gasteiger partial charge in [0.05, 0.1) is 0 Å². The molecule has 8 aromatic carbocycles. The first-order valence-corrected chi connectivity index (χ1v) is 20.4. The molecule has 9 aromatic rings. The van der Waals surface area contributed by atoms with Gasteiger partial charge in [-0.1, -0.05) is 188 Å². The van der Waals surface area contributed by atoms with Gasteiger partial charge < -0.3 is 4.90 Å². The molecule has 1 aliphatic heterocycles. The molecule has 1 unspecified atom stereocenters. The summed E-state index contributed by atoms with van der Waals surface area (Å²) < 4.78 is 0. The molecule has 2 heterocycles. The van der Waals surface area contributed by atoms with Gasteiger partial charge >= 0.3 is 0 Å². The molecule has 0 saturated heterocycles. The van der Waals surface area contributed by atoms with Crippen molar-refractivity contribution in [3.05, 3.63) is 235 Å². The molecule has 0 spiro atoms. The van der Waals surface area contributed by atoms with E-state index in [-0.39, 0.29) is 6.17 Å². The first kappa shape index (κ1) is 37.2. The van der Waals surface area contributed by atoms with Crippen molar-refractivity contribution >= 4 is 11.7 Å². The Labute approximate surface area is 356 Å². The molecule has 1 aliphatic rings. The number of aromatic nitrogens is 3. The number of benzene rings is 8. The van der Waals surface area contributed by atoms with Crippen LogP contribution in [0.5, 0.6) is 0 Å². The number of nitrogens with zero attached hydrogens (tertiary/aromatic N) is 6. The minimum atomic E-state index is -0.250. The van der Waals surface area contributed by atoms with E-state index in [1.54, 1.807) is 0 Å². The third-order valence-electron chi connectivity index (χ3n) is 10.9. The smallest absolute Gasteiger partial charge is 0.164 e. The van der Waals surface area contributed by atoms with Crippen molar-refractivity contribution in [3.63, 3.8) is 0 Å². The standard InChI is InChI=1S/C55H40N6/c1-61-54(41-25-13-5-14-26-41)59-53(60-55(61)42-27-15-6-16-28-42)49-36-47(38-19-7-2-8-20-38)35-48(37-49)45-31-17-29-43(33-45)44-30-18-32-46(34-44)52-57-50(39-21-9-3-10-22-39)56-51(58-52)40-23-11-4-12-24-40/h2-37,54H,1H3. The van der Waals surface area contributed by atoms with E-state index in [9.17, 15) is 0 Å². The Morgan fingerprint density at radius 3 is 1.23 bits per heavy atom. The zero-order valence-electron chi connectivity index (χ0n) is 33.5. The highest BCUT2D eigenvalue weighted by Gasteiger charge is 2.27. The van der Waals surface area contributed by atoms with Crippen LogP contribution in [0, 0.1) is 0 Å². The molecular weight excluding hydrogens is 745 g/mol. The summed E-state index contributed by atoms with van der Waals surface area (Å²) in [6.07, 6.45) is -0.250. The van der Waals surface area contributed by atoms with Crippen LogP contribution in [0.3, 0.4) is 0 Å². The quantitative estimate of drug-likeness (QED) is 0.146. The molecule has 0 radical (unpaired) electrons. The maximum atomic E-state index is 5.34. The lowest BCUT2D eigenvalue weighted by atomic mass is 9.93. The second-order valence-electron chi connectivity index (χ2n) is 15.0. The molecule has 6 heteroatoms. The van der Waals surface area contributed by atoms with Gasteiger partial charge in [-0.05, 0) is 69.3 Å². The fourth-order valence-corrected chi connectivity index (χ4v) is 7.82. The van der Waals surface area contributed by atoms with Crippen LogP contribution in [0.15, 0.2) is 228 Å². The van der Waals surface area contributed by atoms with Gasteiger partial charge in [0.15, 0.2) is 23.3 Å². The number of hydrogen-bond donors (Lipinski definition) is 0. The largest absolute Gasteiger partial charge is 0.333 e. The highest BCUT2D eigenvalue weighted by atomic mass is 15.3. The molecule has 0 fully saturated rings. The minimum absolute atomic E-state index is 0.250. The topological polar surface area (TPSA) is 66.6 Å². The van der Waals surface area contributed by atoms with Gasteiger partial charge in [0.1, 0.15) is 12.0 Å². The summed E-state index contributed by atoms with van der Waals surface area (Å²) in [5.74, 6) is 3.45. The van der Waals surface area contributed by atoms with Crippen molar-refractivity contribution in [2.75, 3.05) is 7.05 Å². The van der Waals surface area contributed by atoms with Gasteiger partial charge in [0.2, 0.25) is 0 Å². The normalized spacial score (nSPS) is 13.7. The van der Waals surface area contributed by atoms with Crippen molar-refractivity contribution in [1.29, 1.82) is 0 Å². The Morgan fingerprint density at radius 2 is 0.689 bits per heavy atom. The molecule has 6 nitrogen and oxygen atoms in total. The van der Waals surface area contributed by atoms with Crippen LogP contribution in [-0.2, 0) is 0 Å². The third-order valence-corrected chi connectivity index (χ3v) is 10.9. The number of rotatable bonds is 9. The lowest BCUT2D eigenvalue weighted by Gasteiger charge is -2.32. The SMILES string of the molecule is CN1C(c2ccccc2)=NC(c2cc(-c3ccccc3)cc(-c3cccc(-c4cccc(-c5nc(-c6ccccc6)nc(-c6ccccc6)n5)c4)c3)c2)=NC1c1ccccc1. The van der Waals surface area contributed by atoms with Crippen molar-refractivity contribution in [2.45, 2.75) is 6.17 Å². The summed E-state index contributed by atoms with van der Waals surface area (Å²) in [4.78, 5) is 27.7. The van der Waals surface area contributed by atoms with Gasteiger partial charge in [-0.3, -0.25) is 0 Å². The van der Waals surface area contributed by atoms with Gasteiger partial charge in [0, 0.05) is 34.9 Å². The van der Waals surface area contributed by atoms with Crippen LogP contribution in [0.1, 0.15) is 22.9 Å². The first-order valence-electron chi connectivity index (χ1n) is 20.4. The Kier molecular flexibility index (Phi) is 10.1. The van der Waals surface area contributed by atoms with E-state index in [0.29, 0.717) is 23.3 Å². The summed E-state index contributed by atoms with van der Waals surface area (Å²) in [5.41, 5.74) is 12.4. The molecule has 0 saturated carbocycles. The Bertz CT molecular complexity index is 2960. The summed E-state index contributed by atoms with van der Waals surface area (Å²) >= 11 is 0. The highest BCUT2D eigenvalue weighted by molar-refractivity contribution is 6.13. The Balaban J connectivity index is 1.07. The number of amidine groups is 2. The zero-order valence-corrected chi connectivity index (χ0v) is 33.5. The van der Waals surface area contributed by atoms with E-state index in [1.165, 1.54) is 0 Å². The van der Waals surface area contributed by atoms with Crippen LogP contribution < -0.4 is 0 Å². The van der Waals surface area contributed by atoms with E-state index in [1.807, 2.05) is 72.8 Å². The van der Waals surface area contributed by atoms with Crippen LogP contribution in [0.4, 0.5) is 0 Å². The van der Waals surface area contributed by atoms with Crippen LogP contribution in [0.2, 0.25) is 0 Å². The fraction of sp³-hybridized carbons (Fsp3) is 0.0364. The van der Waals surface area contributed by atoms with Crippen LogP contribution in [-0.4, -0.2) is 38.6 Å². The molecular formula is C55H40N6. The van der Waals surface area contributed by atoms with E-state index in [0.717, 1.165) is 72.6 Å². The van der Waals surface area contributed by atoms with Gasteiger partial charge in [-0.15, -0.1) is 0 Å². The summed E-state index contributed by atoms with van der Waals surface area (Å²) in [7, 11) is 2.07. The first-order chi connectivity index (χ1) is 30.1. The summed E-state index contributed by atoms with van der Waals surface area (Å²) in [5, 5.41) is 0. The molecule has 1 atom stereocenters. The molecule has 0 bridgehead atoms.